The number of carbonyl (C=O) groups excluding carboxylic acids is 2. The molecule has 6 nitrogen and oxygen atoms in total. The van der Waals surface area contributed by atoms with Crippen LogP contribution >= 0.6 is 11.6 Å². The van der Waals surface area contributed by atoms with E-state index in [0.29, 0.717) is 25.2 Å². The minimum Gasteiger partial charge on any atom is -0.465 e. The minimum atomic E-state index is -4.63. The van der Waals surface area contributed by atoms with Crippen molar-refractivity contribution >= 4 is 34.9 Å². The molecule has 0 radical (unpaired) electrons. The molecule has 0 spiro atoms. The number of halogens is 4. The van der Waals surface area contributed by atoms with E-state index in [2.05, 4.69) is 10.2 Å². The lowest BCUT2D eigenvalue weighted by atomic mass is 10.1. The molecule has 10 heteroatoms. The molecule has 0 saturated carbocycles. The maximum Gasteiger partial charge on any atom is 0.418 e. The Kier molecular flexibility index (Phi) is 7.30. The highest BCUT2D eigenvalue weighted by molar-refractivity contribution is 6.34. The molecule has 1 heterocycles. The largest absolute Gasteiger partial charge is 0.465 e. The summed E-state index contributed by atoms with van der Waals surface area (Å²) in [6.07, 6.45) is -4.63. The van der Waals surface area contributed by atoms with Gasteiger partial charge in [-0.15, -0.1) is 0 Å². The van der Waals surface area contributed by atoms with Gasteiger partial charge in [-0.05, 0) is 43.3 Å². The molecule has 1 aliphatic rings. The number of carbonyl (C=O) groups is 2. The molecular weight excluding hydrogens is 447 g/mol. The van der Waals surface area contributed by atoms with Gasteiger partial charge in [-0.3, -0.25) is 9.69 Å². The van der Waals surface area contributed by atoms with Crippen LogP contribution in [0.1, 0.15) is 22.8 Å². The van der Waals surface area contributed by atoms with Crippen LogP contribution in [-0.4, -0.2) is 56.1 Å². The van der Waals surface area contributed by atoms with E-state index in [0.717, 1.165) is 11.8 Å². The average Bonchev–Trinajstić information content (AvgIpc) is 2.75. The monoisotopic (exact) mass is 469 g/mol. The number of alkyl halides is 3. The lowest BCUT2D eigenvalue weighted by Gasteiger charge is -2.40. The molecule has 1 fully saturated rings. The zero-order chi connectivity index (χ0) is 23.5. The highest BCUT2D eigenvalue weighted by Crippen LogP contribution is 2.38. The van der Waals surface area contributed by atoms with Gasteiger partial charge in [0.15, 0.2) is 0 Å². The Morgan fingerprint density at radius 2 is 1.84 bits per heavy atom. The fraction of sp³-hybridized carbons (Fsp3) is 0.364. The van der Waals surface area contributed by atoms with Crippen LogP contribution in [0.5, 0.6) is 0 Å². The first-order chi connectivity index (χ1) is 15.1. The van der Waals surface area contributed by atoms with E-state index in [1.54, 1.807) is 12.1 Å². The molecule has 1 amide bonds. The number of nitrogens with one attached hydrogen (secondary N) is 1. The number of hydrogen-bond donors (Lipinski definition) is 1. The first kappa shape index (κ1) is 23.9. The summed E-state index contributed by atoms with van der Waals surface area (Å²) in [6, 6.07) is 10.4. The lowest BCUT2D eigenvalue weighted by Crippen LogP contribution is -2.53. The van der Waals surface area contributed by atoms with Crippen LogP contribution in [0, 0.1) is 0 Å². The zero-order valence-corrected chi connectivity index (χ0v) is 18.3. The number of amides is 1. The maximum atomic E-state index is 13.2. The predicted octanol–water partition coefficient (Wildman–Crippen LogP) is 4.29. The van der Waals surface area contributed by atoms with Crippen molar-refractivity contribution in [2.45, 2.75) is 19.1 Å². The van der Waals surface area contributed by atoms with Gasteiger partial charge in [0.1, 0.15) is 0 Å². The smallest absolute Gasteiger partial charge is 0.418 e. The molecule has 3 rings (SSSR count). The molecule has 1 atom stereocenters. The third-order valence-electron chi connectivity index (χ3n) is 5.35. The van der Waals surface area contributed by atoms with Crippen molar-refractivity contribution in [1.29, 1.82) is 0 Å². The molecule has 2 aromatic rings. The number of nitrogens with zero attached hydrogens (tertiary/aromatic N) is 2. The van der Waals surface area contributed by atoms with Gasteiger partial charge in [0, 0.05) is 31.4 Å². The molecule has 1 aliphatic heterocycles. The highest BCUT2D eigenvalue weighted by Gasteiger charge is 2.35. The number of para-hydroxylation sites is 1. The van der Waals surface area contributed by atoms with E-state index in [4.69, 9.17) is 16.3 Å². The fourth-order valence-electron chi connectivity index (χ4n) is 3.64. The third-order valence-corrected chi connectivity index (χ3v) is 5.66. The normalized spacial score (nSPS) is 17.2. The Labute approximate surface area is 188 Å². The molecule has 0 aromatic heterocycles. The summed E-state index contributed by atoms with van der Waals surface area (Å²) in [6.45, 7) is 3.67. The van der Waals surface area contributed by atoms with Crippen molar-refractivity contribution in [2.24, 2.45) is 0 Å². The van der Waals surface area contributed by atoms with Crippen LogP contribution in [-0.2, 0) is 15.7 Å². The van der Waals surface area contributed by atoms with Crippen LogP contribution in [0.3, 0.4) is 0 Å². The minimum absolute atomic E-state index is 0.0249. The molecule has 1 N–H and O–H groups in total. The van der Waals surface area contributed by atoms with Gasteiger partial charge in [-0.1, -0.05) is 17.7 Å². The summed E-state index contributed by atoms with van der Waals surface area (Å²) < 4.78 is 44.4. The number of piperazine rings is 1. The van der Waals surface area contributed by atoms with Crippen LogP contribution in [0.25, 0.3) is 0 Å². The average molecular weight is 470 g/mol. The first-order valence-electron chi connectivity index (χ1n) is 9.93. The third kappa shape index (κ3) is 5.52. The van der Waals surface area contributed by atoms with Gasteiger partial charge in [-0.2, -0.15) is 13.2 Å². The predicted molar refractivity (Wildman–Crippen MR) is 116 cm³/mol. The second-order valence-corrected chi connectivity index (χ2v) is 7.92. The molecular formula is C22H23ClF3N3O3. The standard InChI is InChI=1S/C22H23ClF3N3O3/c1-14-12-29(16-8-6-15(7-9-16)21(31)32-2)11-10-28(14)13-19(30)27-20-17(22(24,25)26)4-3-5-18(20)23/h3-9,14H,10-13H2,1-2H3,(H,27,30). The van der Waals surface area contributed by atoms with Crippen LogP contribution < -0.4 is 10.2 Å². The van der Waals surface area contributed by atoms with Crippen LogP contribution in [0.15, 0.2) is 42.5 Å². The van der Waals surface area contributed by atoms with Gasteiger partial charge in [0.25, 0.3) is 0 Å². The summed E-state index contributed by atoms with van der Waals surface area (Å²) in [5.41, 5.74) is -0.0211. The van der Waals surface area contributed by atoms with Crippen molar-refractivity contribution in [2.75, 3.05) is 43.5 Å². The van der Waals surface area contributed by atoms with E-state index < -0.39 is 29.3 Å². The van der Waals surface area contributed by atoms with Crippen molar-refractivity contribution in [3.63, 3.8) is 0 Å². The van der Waals surface area contributed by atoms with Gasteiger partial charge >= 0.3 is 12.1 Å². The summed E-state index contributed by atoms with van der Waals surface area (Å²) in [4.78, 5) is 28.1. The second kappa shape index (κ2) is 9.79. The lowest BCUT2D eigenvalue weighted by molar-refractivity contribution is -0.137. The Balaban J connectivity index is 1.61. The van der Waals surface area contributed by atoms with Crippen molar-refractivity contribution in [3.8, 4) is 0 Å². The SMILES string of the molecule is COC(=O)c1ccc(N2CCN(CC(=O)Nc3c(Cl)cccc3C(F)(F)F)C(C)C2)cc1. The quantitative estimate of drug-likeness (QED) is 0.662. The fourth-order valence-corrected chi connectivity index (χ4v) is 3.86. The van der Waals surface area contributed by atoms with Gasteiger partial charge in [0.2, 0.25) is 5.91 Å². The summed E-state index contributed by atoms with van der Waals surface area (Å²) >= 11 is 5.91. The number of rotatable bonds is 5. The summed E-state index contributed by atoms with van der Waals surface area (Å²) in [5.74, 6) is -0.973. The second-order valence-electron chi connectivity index (χ2n) is 7.51. The number of benzene rings is 2. The van der Waals surface area contributed by atoms with E-state index in [-0.39, 0.29) is 17.6 Å². The van der Waals surface area contributed by atoms with Gasteiger partial charge < -0.3 is 15.0 Å². The zero-order valence-electron chi connectivity index (χ0n) is 17.6. The molecule has 1 saturated heterocycles. The first-order valence-corrected chi connectivity index (χ1v) is 10.3. The molecule has 32 heavy (non-hydrogen) atoms. The number of methoxy groups -OCH3 is 1. The van der Waals surface area contributed by atoms with Crippen molar-refractivity contribution < 1.29 is 27.5 Å². The van der Waals surface area contributed by atoms with Crippen LogP contribution in [0.2, 0.25) is 5.02 Å². The molecule has 1 unspecified atom stereocenters. The Morgan fingerprint density at radius 1 is 1.16 bits per heavy atom. The van der Waals surface area contributed by atoms with Crippen molar-refractivity contribution in [1.82, 2.24) is 4.90 Å². The van der Waals surface area contributed by atoms with Gasteiger partial charge in [0.05, 0.1) is 35.5 Å². The van der Waals surface area contributed by atoms with E-state index in [1.165, 1.54) is 19.2 Å². The number of ether oxygens (including phenoxy) is 1. The van der Waals surface area contributed by atoms with E-state index in [9.17, 15) is 22.8 Å². The van der Waals surface area contributed by atoms with E-state index >= 15 is 0 Å². The Bertz CT molecular complexity index is 983. The van der Waals surface area contributed by atoms with Crippen LogP contribution in [0.4, 0.5) is 24.5 Å². The highest BCUT2D eigenvalue weighted by atomic mass is 35.5. The van der Waals surface area contributed by atoms with E-state index in [1.807, 2.05) is 24.0 Å². The maximum absolute atomic E-state index is 13.2. The summed E-state index contributed by atoms with van der Waals surface area (Å²) in [5, 5.41) is 2.16. The number of anilines is 2. The molecule has 172 valence electrons. The Morgan fingerprint density at radius 3 is 2.44 bits per heavy atom. The molecule has 0 aliphatic carbocycles. The molecule has 0 bridgehead atoms. The summed E-state index contributed by atoms with van der Waals surface area (Å²) in [7, 11) is 1.32. The van der Waals surface area contributed by atoms with Gasteiger partial charge in [-0.25, -0.2) is 4.79 Å². The number of esters is 1. The Hall–Kier alpha value is -2.78. The number of hydrogen-bond acceptors (Lipinski definition) is 5. The topological polar surface area (TPSA) is 61.9 Å². The van der Waals surface area contributed by atoms with Crippen molar-refractivity contribution in [3.05, 3.63) is 58.6 Å². The molecule has 2 aromatic carbocycles.